The topological polar surface area (TPSA) is 62.4 Å². The number of hydrogen-bond donors (Lipinski definition) is 2. The van der Waals surface area contributed by atoms with Gasteiger partial charge in [-0.05, 0) is 30.5 Å². The largest absolute Gasteiger partial charge is 0.398 e. The minimum Gasteiger partial charge on any atom is -0.398 e. The van der Waals surface area contributed by atoms with Crippen LogP contribution >= 0.6 is 0 Å². The summed E-state index contributed by atoms with van der Waals surface area (Å²) in [5.41, 5.74) is 7.88. The van der Waals surface area contributed by atoms with Crippen molar-refractivity contribution in [2.24, 2.45) is 5.92 Å². The standard InChI is InChI=1S/C15H19N3O/c1-10-5-7-18(9-15(10)19)14-3-2-13(16)12-8-17-6-4-11(12)14/h2-4,6,8,10,15,19H,5,7,9,16H2,1H3. The highest BCUT2D eigenvalue weighted by molar-refractivity contribution is 6.00. The Labute approximate surface area is 112 Å². The van der Waals surface area contributed by atoms with E-state index in [1.54, 1.807) is 12.4 Å². The molecule has 0 saturated carbocycles. The van der Waals surface area contributed by atoms with Gasteiger partial charge >= 0.3 is 0 Å². The monoisotopic (exact) mass is 257 g/mol. The van der Waals surface area contributed by atoms with Gasteiger partial charge in [-0.25, -0.2) is 0 Å². The first-order valence-corrected chi connectivity index (χ1v) is 6.72. The van der Waals surface area contributed by atoms with Crippen LogP contribution in [0.5, 0.6) is 0 Å². The van der Waals surface area contributed by atoms with Gasteiger partial charge in [0.2, 0.25) is 0 Å². The third-order valence-corrected chi connectivity index (χ3v) is 4.09. The number of nitrogens with two attached hydrogens (primary N) is 1. The molecule has 0 bridgehead atoms. The average molecular weight is 257 g/mol. The summed E-state index contributed by atoms with van der Waals surface area (Å²) in [5.74, 6) is 0.373. The number of piperidine rings is 1. The molecule has 4 nitrogen and oxygen atoms in total. The smallest absolute Gasteiger partial charge is 0.0741 e. The predicted molar refractivity (Wildman–Crippen MR) is 78.2 cm³/mol. The van der Waals surface area contributed by atoms with Crippen molar-refractivity contribution < 1.29 is 5.11 Å². The average Bonchev–Trinajstić information content (AvgIpc) is 2.43. The van der Waals surface area contributed by atoms with Crippen molar-refractivity contribution in [1.29, 1.82) is 0 Å². The Bertz CT molecular complexity index is 599. The Morgan fingerprint density at radius 1 is 1.32 bits per heavy atom. The van der Waals surface area contributed by atoms with Crippen molar-refractivity contribution in [1.82, 2.24) is 4.98 Å². The number of pyridine rings is 1. The zero-order valence-corrected chi connectivity index (χ0v) is 11.1. The fourth-order valence-corrected chi connectivity index (χ4v) is 2.74. The van der Waals surface area contributed by atoms with Gasteiger partial charge in [0, 0.05) is 47.6 Å². The summed E-state index contributed by atoms with van der Waals surface area (Å²) in [7, 11) is 0. The maximum absolute atomic E-state index is 10.1. The van der Waals surface area contributed by atoms with Gasteiger partial charge in [-0.2, -0.15) is 0 Å². The number of anilines is 2. The molecule has 1 aromatic heterocycles. The molecule has 2 atom stereocenters. The van der Waals surface area contributed by atoms with Gasteiger partial charge in [0.1, 0.15) is 0 Å². The zero-order valence-electron chi connectivity index (χ0n) is 11.1. The Balaban J connectivity index is 2.04. The summed E-state index contributed by atoms with van der Waals surface area (Å²) in [6, 6.07) is 5.95. The van der Waals surface area contributed by atoms with E-state index in [9.17, 15) is 5.11 Å². The van der Waals surface area contributed by atoms with E-state index in [0.29, 0.717) is 12.5 Å². The summed E-state index contributed by atoms with van der Waals surface area (Å²) in [6.07, 6.45) is 4.34. The number of fused-ring (bicyclic) bond motifs is 1. The van der Waals surface area contributed by atoms with Crippen LogP contribution in [0.1, 0.15) is 13.3 Å². The molecule has 1 fully saturated rings. The maximum atomic E-state index is 10.1. The number of aliphatic hydroxyl groups is 1. The predicted octanol–water partition coefficient (Wildman–Crippen LogP) is 2.02. The van der Waals surface area contributed by atoms with Crippen LogP contribution in [0.25, 0.3) is 10.8 Å². The van der Waals surface area contributed by atoms with Gasteiger partial charge < -0.3 is 15.7 Å². The number of nitrogens with zero attached hydrogens (tertiary/aromatic N) is 2. The Morgan fingerprint density at radius 2 is 2.16 bits per heavy atom. The summed E-state index contributed by atoms with van der Waals surface area (Å²) in [6.45, 7) is 3.76. The molecule has 1 aromatic carbocycles. The van der Waals surface area contributed by atoms with E-state index in [2.05, 4.69) is 16.8 Å². The molecule has 1 saturated heterocycles. The summed E-state index contributed by atoms with van der Waals surface area (Å²) >= 11 is 0. The number of nitrogen functional groups attached to an aromatic ring is 1. The highest BCUT2D eigenvalue weighted by Crippen LogP contribution is 2.32. The van der Waals surface area contributed by atoms with Crippen LogP contribution < -0.4 is 10.6 Å². The molecule has 0 spiro atoms. The maximum Gasteiger partial charge on any atom is 0.0741 e. The normalized spacial score (nSPS) is 23.8. The van der Waals surface area contributed by atoms with Crippen LogP contribution in [0.4, 0.5) is 11.4 Å². The van der Waals surface area contributed by atoms with E-state index in [-0.39, 0.29) is 6.10 Å². The first kappa shape index (κ1) is 12.2. The van der Waals surface area contributed by atoms with E-state index >= 15 is 0 Å². The highest BCUT2D eigenvalue weighted by Gasteiger charge is 2.25. The molecule has 3 rings (SSSR count). The Kier molecular flexibility index (Phi) is 3.03. The molecule has 100 valence electrons. The summed E-state index contributed by atoms with van der Waals surface area (Å²) < 4.78 is 0. The molecular formula is C15H19N3O. The van der Waals surface area contributed by atoms with Gasteiger partial charge in [0.15, 0.2) is 0 Å². The fraction of sp³-hybridized carbons (Fsp3) is 0.400. The fourth-order valence-electron chi connectivity index (χ4n) is 2.74. The van der Waals surface area contributed by atoms with Crippen LogP contribution in [0.2, 0.25) is 0 Å². The van der Waals surface area contributed by atoms with Gasteiger partial charge in [-0.3, -0.25) is 4.98 Å². The van der Waals surface area contributed by atoms with Crippen molar-refractivity contribution in [3.63, 3.8) is 0 Å². The second kappa shape index (κ2) is 4.70. The quantitative estimate of drug-likeness (QED) is 0.767. The second-order valence-electron chi connectivity index (χ2n) is 5.37. The third kappa shape index (κ3) is 2.12. The number of rotatable bonds is 1. The second-order valence-corrected chi connectivity index (χ2v) is 5.37. The Hall–Kier alpha value is -1.81. The molecule has 0 radical (unpaired) electrons. The molecular weight excluding hydrogens is 238 g/mol. The van der Waals surface area contributed by atoms with Crippen molar-refractivity contribution in [2.75, 3.05) is 23.7 Å². The molecule has 3 N–H and O–H groups in total. The van der Waals surface area contributed by atoms with Gasteiger partial charge in [0.25, 0.3) is 0 Å². The first-order chi connectivity index (χ1) is 9.16. The molecule has 1 aliphatic rings. The summed E-state index contributed by atoms with van der Waals surface area (Å²) in [4.78, 5) is 6.38. The lowest BCUT2D eigenvalue weighted by Gasteiger charge is -2.36. The van der Waals surface area contributed by atoms with Crippen LogP contribution in [-0.2, 0) is 0 Å². The van der Waals surface area contributed by atoms with E-state index in [1.807, 2.05) is 18.2 Å². The number of hydrogen-bond acceptors (Lipinski definition) is 4. The molecule has 2 heterocycles. The van der Waals surface area contributed by atoms with E-state index in [0.717, 1.165) is 35.1 Å². The first-order valence-electron chi connectivity index (χ1n) is 6.72. The number of aromatic nitrogens is 1. The molecule has 19 heavy (non-hydrogen) atoms. The minimum atomic E-state index is -0.261. The van der Waals surface area contributed by atoms with Crippen molar-refractivity contribution in [2.45, 2.75) is 19.4 Å². The molecule has 2 aromatic rings. The number of aliphatic hydroxyl groups excluding tert-OH is 1. The van der Waals surface area contributed by atoms with Crippen molar-refractivity contribution in [3.8, 4) is 0 Å². The highest BCUT2D eigenvalue weighted by atomic mass is 16.3. The Morgan fingerprint density at radius 3 is 2.95 bits per heavy atom. The van der Waals surface area contributed by atoms with Crippen LogP contribution in [0.3, 0.4) is 0 Å². The lowest BCUT2D eigenvalue weighted by atomic mass is 9.95. The SMILES string of the molecule is CC1CCN(c2ccc(N)c3cnccc23)CC1O. The van der Waals surface area contributed by atoms with E-state index in [4.69, 9.17) is 5.73 Å². The molecule has 0 amide bonds. The minimum absolute atomic E-state index is 0.261. The van der Waals surface area contributed by atoms with Gasteiger partial charge in [-0.1, -0.05) is 6.92 Å². The molecule has 0 aliphatic carbocycles. The van der Waals surface area contributed by atoms with E-state index in [1.165, 1.54) is 0 Å². The number of benzene rings is 1. The van der Waals surface area contributed by atoms with Gasteiger partial charge in [0.05, 0.1) is 6.10 Å². The number of β-amino-alcohol motifs (C(OH)–C–C–N with tert-alkyl or cyclic N) is 1. The third-order valence-electron chi connectivity index (χ3n) is 4.09. The molecule has 1 aliphatic heterocycles. The van der Waals surface area contributed by atoms with Gasteiger partial charge in [-0.15, -0.1) is 0 Å². The van der Waals surface area contributed by atoms with Crippen molar-refractivity contribution in [3.05, 3.63) is 30.6 Å². The van der Waals surface area contributed by atoms with Crippen LogP contribution in [0.15, 0.2) is 30.6 Å². The lowest BCUT2D eigenvalue weighted by molar-refractivity contribution is 0.103. The zero-order chi connectivity index (χ0) is 13.4. The summed E-state index contributed by atoms with van der Waals surface area (Å²) in [5, 5.41) is 12.1. The van der Waals surface area contributed by atoms with Crippen molar-refractivity contribution >= 4 is 22.1 Å². The molecule has 2 unspecified atom stereocenters. The van der Waals surface area contributed by atoms with E-state index < -0.39 is 0 Å². The molecule has 4 heteroatoms. The van der Waals surface area contributed by atoms with Crippen LogP contribution in [-0.4, -0.2) is 29.3 Å². The lowest BCUT2D eigenvalue weighted by Crippen LogP contribution is -2.43. The van der Waals surface area contributed by atoms with Crippen LogP contribution in [0, 0.1) is 5.92 Å².